The van der Waals surface area contributed by atoms with Crippen molar-refractivity contribution in [3.05, 3.63) is 0 Å². The third-order valence-electron chi connectivity index (χ3n) is 10.8. The monoisotopic (exact) mass is 484 g/mol. The molecule has 8 nitrogen and oxygen atoms in total. The Hall–Kier alpha value is -1.22. The van der Waals surface area contributed by atoms with Crippen LogP contribution < -0.4 is 5.32 Å². The number of aliphatic hydroxyl groups is 3. The maximum atomic E-state index is 12.0. The molecule has 4 aliphatic rings. The van der Waals surface area contributed by atoms with Crippen LogP contribution in [-0.4, -0.2) is 62.6 Å². The molecule has 0 bridgehead atoms. The molecule has 196 valence electrons. The zero-order chi connectivity index (χ0) is 24.1. The van der Waals surface area contributed by atoms with Gasteiger partial charge in [0.1, 0.15) is 6.54 Å². The van der Waals surface area contributed by atoms with Crippen LogP contribution >= 0.6 is 0 Å². The largest absolute Gasteiger partial charge is 0.480 e. The first-order valence-electron chi connectivity index (χ1n) is 13.0. The zero-order valence-electron chi connectivity index (χ0n) is 20.9. The maximum Gasteiger partial charge on any atom is 0.322 e. The quantitative estimate of drug-likeness (QED) is 0.361. The van der Waals surface area contributed by atoms with Crippen LogP contribution in [0.4, 0.5) is 0 Å². The fourth-order valence-corrected chi connectivity index (χ4v) is 8.95. The van der Waals surface area contributed by atoms with E-state index in [4.69, 9.17) is 5.11 Å². The number of amides is 1. The Morgan fingerprint density at radius 1 is 1.03 bits per heavy atom. The van der Waals surface area contributed by atoms with Gasteiger partial charge in [0.15, 0.2) is 0 Å². The Balaban J connectivity index is 0.00000324. The van der Waals surface area contributed by atoms with Crippen LogP contribution in [-0.2, 0) is 9.59 Å². The molecular formula is C26H45NO7. The van der Waals surface area contributed by atoms with Crippen molar-refractivity contribution in [1.29, 1.82) is 0 Å². The Labute approximate surface area is 202 Å². The van der Waals surface area contributed by atoms with Crippen molar-refractivity contribution in [2.45, 2.75) is 96.9 Å². The van der Waals surface area contributed by atoms with E-state index < -0.39 is 12.1 Å². The highest BCUT2D eigenvalue weighted by Gasteiger charge is 2.65. The lowest BCUT2D eigenvalue weighted by molar-refractivity contribution is -0.207. The van der Waals surface area contributed by atoms with Gasteiger partial charge in [-0.25, -0.2) is 0 Å². The summed E-state index contributed by atoms with van der Waals surface area (Å²) in [6.07, 6.45) is 5.86. The van der Waals surface area contributed by atoms with Crippen LogP contribution in [0.3, 0.4) is 0 Å². The minimum absolute atomic E-state index is 0. The summed E-state index contributed by atoms with van der Waals surface area (Å²) in [5.74, 6) is 0.265. The van der Waals surface area contributed by atoms with E-state index in [9.17, 15) is 24.9 Å². The number of nitrogens with one attached hydrogen (secondary N) is 1. The Morgan fingerprint density at radius 2 is 1.74 bits per heavy atom. The topological polar surface area (TPSA) is 159 Å². The summed E-state index contributed by atoms with van der Waals surface area (Å²) in [7, 11) is 0. The van der Waals surface area contributed by atoms with Gasteiger partial charge in [-0.2, -0.15) is 0 Å². The number of hydrogen-bond acceptors (Lipinski definition) is 5. The lowest BCUT2D eigenvalue weighted by atomic mass is 9.43. The van der Waals surface area contributed by atoms with E-state index in [1.54, 1.807) is 0 Å². The van der Waals surface area contributed by atoms with E-state index in [2.05, 4.69) is 26.1 Å². The predicted octanol–water partition coefficient (Wildman–Crippen LogP) is 1.74. The van der Waals surface area contributed by atoms with Crippen molar-refractivity contribution in [1.82, 2.24) is 5.32 Å². The van der Waals surface area contributed by atoms with Crippen LogP contribution in [0, 0.1) is 46.3 Å². The van der Waals surface area contributed by atoms with Gasteiger partial charge < -0.3 is 31.2 Å². The first kappa shape index (κ1) is 27.4. The first-order valence-corrected chi connectivity index (χ1v) is 13.0. The van der Waals surface area contributed by atoms with Crippen molar-refractivity contribution in [3.63, 3.8) is 0 Å². The number of rotatable bonds is 6. The van der Waals surface area contributed by atoms with Gasteiger partial charge in [-0.3, -0.25) is 9.59 Å². The van der Waals surface area contributed by atoms with Crippen molar-refractivity contribution >= 4 is 11.9 Å². The van der Waals surface area contributed by atoms with E-state index in [1.165, 1.54) is 0 Å². The average molecular weight is 485 g/mol. The fourth-order valence-electron chi connectivity index (χ4n) is 8.95. The molecule has 0 radical (unpaired) electrons. The lowest BCUT2D eigenvalue weighted by Crippen LogP contribution is -2.62. The van der Waals surface area contributed by atoms with Crippen LogP contribution in [0.2, 0.25) is 0 Å². The molecule has 7 N–H and O–H groups in total. The van der Waals surface area contributed by atoms with Crippen molar-refractivity contribution < 1.29 is 35.5 Å². The molecule has 4 saturated carbocycles. The maximum absolute atomic E-state index is 12.0. The Morgan fingerprint density at radius 3 is 2.41 bits per heavy atom. The van der Waals surface area contributed by atoms with Gasteiger partial charge in [-0.15, -0.1) is 0 Å². The minimum atomic E-state index is -1.04. The molecule has 0 aromatic heterocycles. The van der Waals surface area contributed by atoms with Gasteiger partial charge in [0.05, 0.1) is 18.3 Å². The molecule has 4 aliphatic carbocycles. The van der Waals surface area contributed by atoms with Crippen molar-refractivity contribution in [3.8, 4) is 0 Å². The third kappa shape index (κ3) is 4.51. The lowest BCUT2D eigenvalue weighted by Gasteiger charge is -2.63. The number of hydrogen-bond donors (Lipinski definition) is 5. The zero-order valence-corrected chi connectivity index (χ0v) is 20.9. The molecule has 0 unspecified atom stereocenters. The standard InChI is InChI=1S/C26H43NO6.H2O/c1-14(4-7-22(31)27-13-23(32)33)17-5-6-18-24-19(12-21(30)26(17,18)3)25(2)9-8-16(28)10-15(25)11-20(24)29;/h14-21,24,28-30H,4-13H2,1-3H3,(H,27,31)(H,32,33);1H2/t14-,15+,16-,17-,18+,19+,20-,21+,24+,25+,26-;/m1./s1/i23+1;. The van der Waals surface area contributed by atoms with Crippen molar-refractivity contribution in [2.75, 3.05) is 6.54 Å². The van der Waals surface area contributed by atoms with Crippen LogP contribution in [0.25, 0.3) is 0 Å². The number of carboxylic acids is 1. The molecule has 0 aromatic rings. The summed E-state index contributed by atoms with van der Waals surface area (Å²) in [5.41, 5.74) is -0.214. The number of carboxylic acid groups (broad SMARTS) is 1. The molecule has 4 fully saturated rings. The molecule has 34 heavy (non-hydrogen) atoms. The number of aliphatic hydroxyl groups excluding tert-OH is 3. The third-order valence-corrected chi connectivity index (χ3v) is 10.8. The van der Waals surface area contributed by atoms with E-state index in [-0.39, 0.29) is 70.6 Å². The summed E-state index contributed by atoms with van der Waals surface area (Å²) in [6.45, 7) is 6.35. The van der Waals surface area contributed by atoms with E-state index in [0.717, 1.165) is 38.5 Å². The second-order valence-electron chi connectivity index (χ2n) is 12.2. The van der Waals surface area contributed by atoms with Crippen LogP contribution in [0.1, 0.15) is 78.6 Å². The SMILES string of the molecule is C[C@H](CCC(=O)NC[13C](=O)O)[C@H]1CC[C@H]2[C@@H]3[C@H](O)C[C@@H]4C[C@H](O)CC[C@]4(C)[C@H]3C[C@H](O)[C@]12C.O. The fraction of sp³-hybridized carbons (Fsp3) is 0.923. The molecule has 0 spiro atoms. The van der Waals surface area contributed by atoms with Gasteiger partial charge in [0.2, 0.25) is 5.91 Å². The molecule has 11 atom stereocenters. The van der Waals surface area contributed by atoms with Gasteiger partial charge in [0.25, 0.3) is 0 Å². The second kappa shape index (κ2) is 10.0. The number of fused-ring (bicyclic) bond motifs is 5. The molecule has 1 amide bonds. The molecule has 0 aromatic carbocycles. The van der Waals surface area contributed by atoms with Gasteiger partial charge >= 0.3 is 5.97 Å². The average Bonchev–Trinajstić information content (AvgIpc) is 3.11. The molecular weight excluding hydrogens is 439 g/mol. The summed E-state index contributed by atoms with van der Waals surface area (Å²) in [4.78, 5) is 22.7. The van der Waals surface area contributed by atoms with E-state index in [0.29, 0.717) is 25.2 Å². The first-order chi connectivity index (χ1) is 15.5. The van der Waals surface area contributed by atoms with Crippen LogP contribution in [0.15, 0.2) is 0 Å². The van der Waals surface area contributed by atoms with Gasteiger partial charge in [0, 0.05) is 6.42 Å². The highest BCUT2D eigenvalue weighted by Crippen LogP contribution is 2.68. The highest BCUT2D eigenvalue weighted by molar-refractivity contribution is 5.81. The second-order valence-corrected chi connectivity index (χ2v) is 12.2. The predicted molar refractivity (Wildman–Crippen MR) is 127 cm³/mol. The molecule has 0 aliphatic heterocycles. The van der Waals surface area contributed by atoms with Crippen molar-refractivity contribution in [2.24, 2.45) is 46.3 Å². The molecule has 4 rings (SSSR count). The minimum Gasteiger partial charge on any atom is -0.480 e. The van der Waals surface area contributed by atoms with Crippen LogP contribution in [0.5, 0.6) is 0 Å². The summed E-state index contributed by atoms with van der Waals surface area (Å²) in [6, 6.07) is 0. The number of aliphatic carboxylic acids is 1. The Bertz CT molecular complexity index is 761. The van der Waals surface area contributed by atoms with E-state index >= 15 is 0 Å². The molecule has 0 heterocycles. The normalized spacial score (nSPS) is 46.3. The summed E-state index contributed by atoms with van der Waals surface area (Å²) in [5, 5.41) is 44.4. The summed E-state index contributed by atoms with van der Waals surface area (Å²) < 4.78 is 0. The highest BCUT2D eigenvalue weighted by atomic mass is 16.5. The van der Waals surface area contributed by atoms with Gasteiger partial charge in [-0.1, -0.05) is 20.8 Å². The molecule has 8 heteroatoms. The van der Waals surface area contributed by atoms with Gasteiger partial charge in [-0.05, 0) is 97.7 Å². The Kier molecular flexibility index (Phi) is 8.08. The molecule has 0 saturated heterocycles. The smallest absolute Gasteiger partial charge is 0.322 e. The number of carbonyl (C=O) groups is 2. The van der Waals surface area contributed by atoms with E-state index in [1.807, 2.05) is 0 Å². The summed E-state index contributed by atoms with van der Waals surface area (Å²) >= 11 is 0. The number of carbonyl (C=O) groups excluding carboxylic acids is 1.